The molecule has 14 heavy (non-hydrogen) atoms. The van der Waals surface area contributed by atoms with Crippen molar-refractivity contribution in [1.82, 2.24) is 5.32 Å². The summed E-state index contributed by atoms with van der Waals surface area (Å²) in [5, 5.41) is 3.35. The van der Waals surface area contributed by atoms with Gasteiger partial charge >= 0.3 is 6.09 Å². The molecule has 1 aliphatic rings. The van der Waals surface area contributed by atoms with E-state index in [-0.39, 0.29) is 0 Å². The molecule has 1 rings (SSSR count). The summed E-state index contributed by atoms with van der Waals surface area (Å²) in [4.78, 5) is 15.2. The number of hydrogen-bond acceptors (Lipinski definition) is 4. The van der Waals surface area contributed by atoms with Gasteiger partial charge in [-0.15, -0.1) is 11.8 Å². The predicted molar refractivity (Wildman–Crippen MR) is 58.4 cm³/mol. The van der Waals surface area contributed by atoms with Crippen molar-refractivity contribution in [2.24, 2.45) is 4.99 Å². The lowest BCUT2D eigenvalue weighted by molar-refractivity contribution is 0.0550. The molecule has 0 unspecified atom stereocenters. The minimum Gasteiger partial charge on any atom is -0.444 e. The van der Waals surface area contributed by atoms with Crippen molar-refractivity contribution >= 4 is 24.1 Å². The largest absolute Gasteiger partial charge is 0.444 e. The summed E-state index contributed by atoms with van der Waals surface area (Å²) < 4.78 is 5.08. The first-order valence-electron chi connectivity index (χ1n) is 4.32. The molecule has 0 spiro atoms. The second-order valence-corrected chi connectivity index (χ2v) is 4.82. The average Bonchev–Trinajstić information content (AvgIpc) is 2.02. The van der Waals surface area contributed by atoms with E-state index in [0.717, 1.165) is 10.8 Å². The van der Waals surface area contributed by atoms with Gasteiger partial charge in [-0.1, -0.05) is 0 Å². The molecule has 1 aliphatic heterocycles. The number of amides is 1. The molecule has 1 heterocycles. The maximum absolute atomic E-state index is 11.3. The van der Waals surface area contributed by atoms with Crippen LogP contribution in [-0.4, -0.2) is 23.7 Å². The molecule has 0 aromatic rings. The molecule has 0 bridgehead atoms. The highest BCUT2D eigenvalue weighted by molar-refractivity contribution is 8.03. The second kappa shape index (κ2) is 4.50. The van der Waals surface area contributed by atoms with Gasteiger partial charge in [-0.25, -0.2) is 4.79 Å². The zero-order valence-corrected chi connectivity index (χ0v) is 9.35. The molecular weight excluding hydrogens is 200 g/mol. The fraction of sp³-hybridized carbons (Fsp3) is 0.556. The molecule has 1 amide bonds. The van der Waals surface area contributed by atoms with E-state index in [0.29, 0.717) is 0 Å². The summed E-state index contributed by atoms with van der Waals surface area (Å²) in [5.74, 6) is 0.779. The Morgan fingerprint density at radius 2 is 2.36 bits per heavy atom. The molecule has 4 nitrogen and oxygen atoms in total. The molecule has 0 radical (unpaired) electrons. The highest BCUT2D eigenvalue weighted by atomic mass is 32.2. The van der Waals surface area contributed by atoms with E-state index < -0.39 is 11.7 Å². The van der Waals surface area contributed by atoms with Crippen LogP contribution in [0.2, 0.25) is 0 Å². The Kier molecular flexibility index (Phi) is 3.57. The third-order valence-corrected chi connectivity index (χ3v) is 2.07. The number of thioether (sulfide) groups is 1. The van der Waals surface area contributed by atoms with Crippen LogP contribution in [0.5, 0.6) is 0 Å². The van der Waals surface area contributed by atoms with Gasteiger partial charge in [0.15, 0.2) is 0 Å². The predicted octanol–water partition coefficient (Wildman–Crippen LogP) is 2.13. The number of rotatable bonds is 1. The van der Waals surface area contributed by atoms with Crippen LogP contribution in [0.15, 0.2) is 16.2 Å². The summed E-state index contributed by atoms with van der Waals surface area (Å²) in [6, 6.07) is 0. The van der Waals surface area contributed by atoms with E-state index in [9.17, 15) is 4.79 Å². The zero-order valence-electron chi connectivity index (χ0n) is 8.53. The Hall–Kier alpha value is -0.970. The molecule has 0 saturated carbocycles. The highest BCUT2D eigenvalue weighted by Crippen LogP contribution is 2.15. The van der Waals surface area contributed by atoms with Crippen molar-refractivity contribution in [1.29, 1.82) is 0 Å². The lowest BCUT2D eigenvalue weighted by Gasteiger charge is -2.20. The number of carbonyl (C=O) groups excluding carboxylic acids is 1. The average molecular weight is 214 g/mol. The van der Waals surface area contributed by atoms with Crippen molar-refractivity contribution < 1.29 is 9.53 Å². The number of carbonyl (C=O) groups is 1. The molecule has 0 aromatic carbocycles. The van der Waals surface area contributed by atoms with Crippen LogP contribution in [0, 0.1) is 0 Å². The number of ether oxygens (including phenoxy) is 1. The fourth-order valence-electron chi connectivity index (χ4n) is 0.800. The highest BCUT2D eigenvalue weighted by Gasteiger charge is 2.17. The molecule has 5 heteroatoms. The van der Waals surface area contributed by atoms with Crippen LogP contribution < -0.4 is 5.32 Å². The van der Waals surface area contributed by atoms with Crippen LogP contribution in [-0.2, 0) is 4.74 Å². The van der Waals surface area contributed by atoms with Crippen molar-refractivity contribution in [3.8, 4) is 0 Å². The molecule has 0 aromatic heterocycles. The SMILES string of the molecule is CC(C)(C)OC(=O)NC1=CN=CCS1. The lowest BCUT2D eigenvalue weighted by Crippen LogP contribution is -2.31. The minimum absolute atomic E-state index is 0.437. The summed E-state index contributed by atoms with van der Waals surface area (Å²) in [5.41, 5.74) is -0.465. The maximum atomic E-state index is 11.3. The van der Waals surface area contributed by atoms with E-state index in [1.165, 1.54) is 11.8 Å². The Morgan fingerprint density at radius 1 is 1.64 bits per heavy atom. The standard InChI is InChI=1S/C9H14N2O2S/c1-9(2,3)13-8(12)11-7-6-10-4-5-14-7/h4,6H,5H2,1-3H3,(H,11,12). The van der Waals surface area contributed by atoms with Gasteiger partial charge in [0, 0.05) is 12.0 Å². The number of nitrogens with one attached hydrogen (secondary N) is 1. The number of nitrogens with zero attached hydrogens (tertiary/aromatic N) is 1. The Labute approximate surface area is 87.8 Å². The molecule has 78 valence electrons. The zero-order chi connectivity index (χ0) is 10.6. The summed E-state index contributed by atoms with van der Waals surface area (Å²) >= 11 is 1.52. The summed E-state index contributed by atoms with van der Waals surface area (Å²) in [7, 11) is 0. The Balaban J connectivity index is 2.41. The third kappa shape index (κ3) is 4.32. The van der Waals surface area contributed by atoms with Crippen molar-refractivity contribution in [3.63, 3.8) is 0 Å². The van der Waals surface area contributed by atoms with Gasteiger partial charge < -0.3 is 4.74 Å². The monoisotopic (exact) mass is 214 g/mol. The van der Waals surface area contributed by atoms with Crippen LogP contribution in [0.1, 0.15) is 20.8 Å². The third-order valence-electron chi connectivity index (χ3n) is 1.23. The second-order valence-electron chi connectivity index (χ2n) is 3.76. The minimum atomic E-state index is -0.465. The molecular formula is C9H14N2O2S. The van der Waals surface area contributed by atoms with Gasteiger partial charge in [-0.3, -0.25) is 10.3 Å². The summed E-state index contributed by atoms with van der Waals surface area (Å²) in [6.07, 6.45) is 2.96. The molecule has 0 atom stereocenters. The van der Waals surface area contributed by atoms with Gasteiger partial charge in [0.2, 0.25) is 0 Å². The van der Waals surface area contributed by atoms with Crippen molar-refractivity contribution in [2.75, 3.05) is 5.75 Å². The van der Waals surface area contributed by atoms with Crippen molar-refractivity contribution in [3.05, 3.63) is 11.2 Å². The quantitative estimate of drug-likeness (QED) is 0.727. The smallest absolute Gasteiger partial charge is 0.412 e. The summed E-state index contributed by atoms with van der Waals surface area (Å²) in [6.45, 7) is 5.48. The van der Waals surface area contributed by atoms with Crippen molar-refractivity contribution in [2.45, 2.75) is 26.4 Å². The van der Waals surface area contributed by atoms with Gasteiger partial charge in [0.25, 0.3) is 0 Å². The van der Waals surface area contributed by atoms with Gasteiger partial charge in [-0.05, 0) is 20.8 Å². The maximum Gasteiger partial charge on any atom is 0.412 e. The first kappa shape index (κ1) is 11.1. The molecule has 0 aliphatic carbocycles. The van der Waals surface area contributed by atoms with E-state index in [4.69, 9.17) is 4.74 Å². The van der Waals surface area contributed by atoms with E-state index >= 15 is 0 Å². The van der Waals surface area contributed by atoms with Crippen LogP contribution in [0.25, 0.3) is 0 Å². The fourth-order valence-corrected chi connectivity index (χ4v) is 1.43. The van der Waals surface area contributed by atoms with E-state index in [1.807, 2.05) is 20.8 Å². The molecule has 0 fully saturated rings. The Bertz CT molecular complexity index is 279. The lowest BCUT2D eigenvalue weighted by atomic mass is 10.2. The molecule has 1 N–H and O–H groups in total. The van der Waals surface area contributed by atoms with E-state index in [1.54, 1.807) is 12.4 Å². The van der Waals surface area contributed by atoms with Crippen LogP contribution >= 0.6 is 11.8 Å². The van der Waals surface area contributed by atoms with Gasteiger partial charge in [0.1, 0.15) is 5.60 Å². The Morgan fingerprint density at radius 3 is 2.86 bits per heavy atom. The topological polar surface area (TPSA) is 50.7 Å². The van der Waals surface area contributed by atoms with Gasteiger partial charge in [-0.2, -0.15) is 0 Å². The first-order valence-corrected chi connectivity index (χ1v) is 5.30. The van der Waals surface area contributed by atoms with Crippen LogP contribution in [0.3, 0.4) is 0 Å². The molecule has 0 saturated heterocycles. The first-order chi connectivity index (χ1) is 6.47. The normalized spacial score (nSPS) is 16.1. The van der Waals surface area contributed by atoms with Crippen LogP contribution in [0.4, 0.5) is 4.79 Å². The number of aliphatic imine (C=N–C) groups is 1. The van der Waals surface area contributed by atoms with Gasteiger partial charge in [0.05, 0.1) is 11.2 Å². The number of alkyl carbamates (subject to hydrolysis) is 1. The van der Waals surface area contributed by atoms with E-state index in [2.05, 4.69) is 10.3 Å². The number of hydrogen-bond donors (Lipinski definition) is 1.